The summed E-state index contributed by atoms with van der Waals surface area (Å²) in [5.41, 5.74) is 5.17. The van der Waals surface area contributed by atoms with Crippen molar-refractivity contribution >= 4 is 48.5 Å². The van der Waals surface area contributed by atoms with Gasteiger partial charge in [0.2, 0.25) is 5.91 Å². The van der Waals surface area contributed by atoms with Gasteiger partial charge in [-0.25, -0.2) is 0 Å². The molecule has 0 aromatic heterocycles. The molecule has 0 spiro atoms. The maximum Gasteiger partial charge on any atom is 0.251 e. The number of benzene rings is 3. The fourth-order valence-electron chi connectivity index (χ4n) is 4.26. The van der Waals surface area contributed by atoms with Crippen LogP contribution in [0.3, 0.4) is 0 Å². The standard InChI is InChI=1S/C28H31N5O3.2ClH/c29-31-18-22-8-6-21(7-9-22)17-30-27(35)23-10-11-24-19-33(14-12-20-4-2-1-3-5-20)28(36)25(13-15-34)32-26(24)16-23;;/h1-11,16,18,25,32,34H,12-15,17,19,29H2,(H,30,35);2*1H. The quantitative estimate of drug-likeness (QED) is 0.182. The monoisotopic (exact) mass is 557 g/mol. The number of nitrogens with one attached hydrogen (secondary N) is 2. The SMILES string of the molecule is Cl.Cl.NN=Cc1ccc(CNC(=O)c2ccc3c(c2)NC(CCO)C(=O)N(CCc2ccccc2)C3)cc1. The molecule has 0 saturated carbocycles. The summed E-state index contributed by atoms with van der Waals surface area (Å²) >= 11 is 0. The van der Waals surface area contributed by atoms with Gasteiger partial charge < -0.3 is 26.5 Å². The molecule has 1 unspecified atom stereocenters. The van der Waals surface area contributed by atoms with E-state index in [1.165, 1.54) is 0 Å². The van der Waals surface area contributed by atoms with Crippen LogP contribution in [0.2, 0.25) is 0 Å². The van der Waals surface area contributed by atoms with Crippen molar-refractivity contribution in [2.75, 3.05) is 18.5 Å². The first-order valence-electron chi connectivity index (χ1n) is 12.0. The molecule has 10 heteroatoms. The summed E-state index contributed by atoms with van der Waals surface area (Å²) in [4.78, 5) is 27.9. The Hall–Kier alpha value is -3.59. The van der Waals surface area contributed by atoms with Gasteiger partial charge >= 0.3 is 0 Å². The first-order valence-corrected chi connectivity index (χ1v) is 12.0. The molecule has 2 amide bonds. The van der Waals surface area contributed by atoms with Crippen molar-refractivity contribution in [1.82, 2.24) is 10.2 Å². The minimum Gasteiger partial charge on any atom is -0.396 e. The highest BCUT2D eigenvalue weighted by atomic mass is 35.5. The maximum atomic E-state index is 13.2. The molecule has 0 radical (unpaired) electrons. The first-order chi connectivity index (χ1) is 17.6. The fourth-order valence-corrected chi connectivity index (χ4v) is 4.26. The zero-order valence-corrected chi connectivity index (χ0v) is 22.5. The average Bonchev–Trinajstić information content (AvgIpc) is 3.03. The highest BCUT2D eigenvalue weighted by Gasteiger charge is 2.29. The molecule has 0 saturated heterocycles. The van der Waals surface area contributed by atoms with Crippen LogP contribution in [0, 0.1) is 0 Å². The molecule has 8 nitrogen and oxygen atoms in total. The Balaban J connectivity index is 0.00000253. The smallest absolute Gasteiger partial charge is 0.251 e. The lowest BCUT2D eigenvalue weighted by atomic mass is 10.1. The van der Waals surface area contributed by atoms with Crippen LogP contribution in [0.15, 0.2) is 77.9 Å². The van der Waals surface area contributed by atoms with Gasteiger partial charge in [-0.05, 0) is 47.2 Å². The van der Waals surface area contributed by atoms with Gasteiger partial charge in [0.05, 0.1) is 6.21 Å². The fraction of sp³-hybridized carbons (Fsp3) is 0.250. The number of carbonyl (C=O) groups is 2. The third kappa shape index (κ3) is 7.95. The molecular formula is C28H33Cl2N5O3. The minimum atomic E-state index is -0.555. The van der Waals surface area contributed by atoms with Crippen molar-refractivity contribution in [2.24, 2.45) is 10.9 Å². The third-order valence-corrected chi connectivity index (χ3v) is 6.26. The van der Waals surface area contributed by atoms with E-state index in [1.54, 1.807) is 18.3 Å². The maximum absolute atomic E-state index is 13.2. The molecule has 0 aliphatic carbocycles. The topological polar surface area (TPSA) is 120 Å². The number of fused-ring (bicyclic) bond motifs is 1. The summed E-state index contributed by atoms with van der Waals surface area (Å²) in [6, 6.07) is 22.5. The van der Waals surface area contributed by atoms with Crippen LogP contribution in [-0.4, -0.2) is 47.2 Å². The number of nitrogens with two attached hydrogens (primary N) is 1. The lowest BCUT2D eigenvalue weighted by Gasteiger charge is -2.24. The van der Waals surface area contributed by atoms with Crippen molar-refractivity contribution in [3.8, 4) is 0 Å². The summed E-state index contributed by atoms with van der Waals surface area (Å²) in [7, 11) is 0. The van der Waals surface area contributed by atoms with E-state index in [4.69, 9.17) is 5.84 Å². The van der Waals surface area contributed by atoms with E-state index >= 15 is 0 Å². The third-order valence-electron chi connectivity index (χ3n) is 6.26. The largest absolute Gasteiger partial charge is 0.396 e. The van der Waals surface area contributed by atoms with Crippen LogP contribution < -0.4 is 16.5 Å². The van der Waals surface area contributed by atoms with Crippen LogP contribution in [0.4, 0.5) is 5.69 Å². The van der Waals surface area contributed by atoms with Crippen LogP contribution in [-0.2, 0) is 24.3 Å². The summed E-state index contributed by atoms with van der Waals surface area (Å²) in [5.74, 6) is 4.92. The van der Waals surface area contributed by atoms with E-state index in [-0.39, 0.29) is 43.2 Å². The van der Waals surface area contributed by atoms with Crippen molar-refractivity contribution in [3.63, 3.8) is 0 Å². The number of anilines is 1. The van der Waals surface area contributed by atoms with Crippen molar-refractivity contribution < 1.29 is 14.7 Å². The molecule has 3 aromatic carbocycles. The second-order valence-electron chi connectivity index (χ2n) is 8.78. The Morgan fingerprint density at radius 3 is 2.50 bits per heavy atom. The van der Waals surface area contributed by atoms with Crippen molar-refractivity contribution in [1.29, 1.82) is 0 Å². The number of carbonyl (C=O) groups excluding carboxylic acids is 2. The number of aliphatic hydroxyl groups excluding tert-OH is 1. The lowest BCUT2D eigenvalue weighted by Crippen LogP contribution is -2.41. The molecule has 1 atom stereocenters. The van der Waals surface area contributed by atoms with Gasteiger partial charge in [-0.1, -0.05) is 60.7 Å². The molecule has 1 aliphatic heterocycles. The van der Waals surface area contributed by atoms with E-state index in [0.717, 1.165) is 34.4 Å². The van der Waals surface area contributed by atoms with Crippen LogP contribution in [0.1, 0.15) is 39.0 Å². The summed E-state index contributed by atoms with van der Waals surface area (Å²) in [6.45, 7) is 1.28. The van der Waals surface area contributed by atoms with Crippen LogP contribution >= 0.6 is 24.8 Å². The number of aliphatic hydroxyl groups is 1. The highest BCUT2D eigenvalue weighted by molar-refractivity contribution is 5.96. The van der Waals surface area contributed by atoms with Gasteiger partial charge in [0, 0.05) is 37.5 Å². The summed E-state index contributed by atoms with van der Waals surface area (Å²) in [5, 5.41) is 19.3. The molecular weight excluding hydrogens is 525 g/mol. The summed E-state index contributed by atoms with van der Waals surface area (Å²) < 4.78 is 0. The second-order valence-corrected chi connectivity index (χ2v) is 8.78. The first kappa shape index (κ1) is 30.6. The molecule has 3 aromatic rings. The predicted octanol–water partition coefficient (Wildman–Crippen LogP) is 3.50. The summed E-state index contributed by atoms with van der Waals surface area (Å²) in [6.07, 6.45) is 2.60. The molecule has 38 heavy (non-hydrogen) atoms. The minimum absolute atomic E-state index is 0. The Labute approximate surface area is 235 Å². The van der Waals surface area contributed by atoms with Crippen molar-refractivity contribution in [2.45, 2.75) is 32.0 Å². The van der Waals surface area contributed by atoms with Gasteiger partial charge in [0.15, 0.2) is 0 Å². The number of hydrogen-bond donors (Lipinski definition) is 4. The van der Waals surface area contributed by atoms with Gasteiger partial charge in [-0.3, -0.25) is 9.59 Å². The Kier molecular flexibility index (Phi) is 12.1. The van der Waals surface area contributed by atoms with Gasteiger partial charge in [0.25, 0.3) is 5.91 Å². The number of halogens is 2. The van der Waals surface area contributed by atoms with E-state index in [9.17, 15) is 14.7 Å². The van der Waals surface area contributed by atoms with Gasteiger partial charge in [0.1, 0.15) is 6.04 Å². The van der Waals surface area contributed by atoms with E-state index in [2.05, 4.69) is 15.7 Å². The number of rotatable bonds is 9. The van der Waals surface area contributed by atoms with Crippen LogP contribution in [0.5, 0.6) is 0 Å². The van der Waals surface area contributed by atoms with Crippen LogP contribution in [0.25, 0.3) is 0 Å². The van der Waals surface area contributed by atoms with E-state index < -0.39 is 6.04 Å². The normalized spacial score (nSPS) is 14.5. The molecule has 0 bridgehead atoms. The lowest BCUT2D eigenvalue weighted by molar-refractivity contribution is -0.132. The second kappa shape index (κ2) is 15.0. The van der Waals surface area contributed by atoms with Crippen molar-refractivity contribution in [3.05, 3.63) is 101 Å². The van der Waals surface area contributed by atoms with Gasteiger partial charge in [-0.2, -0.15) is 5.10 Å². The number of hydrazone groups is 1. The molecule has 1 aliphatic rings. The molecule has 1 heterocycles. The number of nitrogens with zero attached hydrogens (tertiary/aromatic N) is 2. The molecule has 4 rings (SSSR count). The zero-order chi connectivity index (χ0) is 25.3. The molecule has 5 N–H and O–H groups in total. The van der Waals surface area contributed by atoms with E-state index in [0.29, 0.717) is 31.6 Å². The van der Waals surface area contributed by atoms with E-state index in [1.807, 2.05) is 65.6 Å². The average molecular weight is 559 g/mol. The number of hydrogen-bond acceptors (Lipinski definition) is 6. The highest BCUT2D eigenvalue weighted by Crippen LogP contribution is 2.26. The molecule has 202 valence electrons. The Morgan fingerprint density at radius 1 is 1.08 bits per heavy atom. The molecule has 0 fully saturated rings. The Bertz CT molecular complexity index is 1220. The Morgan fingerprint density at radius 2 is 1.82 bits per heavy atom. The number of amides is 2. The predicted molar refractivity (Wildman–Crippen MR) is 155 cm³/mol. The zero-order valence-electron chi connectivity index (χ0n) is 20.9. The van der Waals surface area contributed by atoms with Gasteiger partial charge in [-0.15, -0.1) is 24.8 Å².